The highest BCUT2D eigenvalue weighted by Gasteiger charge is 2.28. The Labute approximate surface area is 113 Å². The van der Waals surface area contributed by atoms with E-state index in [1.165, 1.54) is 12.8 Å². The van der Waals surface area contributed by atoms with Gasteiger partial charge in [-0.15, -0.1) is 0 Å². The van der Waals surface area contributed by atoms with Crippen LogP contribution >= 0.6 is 11.6 Å². The first-order valence-electron chi connectivity index (χ1n) is 6.33. The molecule has 0 radical (unpaired) electrons. The molecule has 1 aromatic rings. The van der Waals surface area contributed by atoms with E-state index in [2.05, 4.69) is 29.1 Å². The second-order valence-corrected chi connectivity index (χ2v) is 6.06. The molecule has 1 unspecified atom stereocenters. The zero-order valence-corrected chi connectivity index (χ0v) is 11.9. The standard InChI is InChI=1S/C13H20ClN3O/c1-13(2)6-4-5-9(7-13)16-11-10(14)8-15-12(17-11)18-3/h8-9H,4-7H2,1-3H3,(H,15,16,17). The van der Waals surface area contributed by atoms with Gasteiger partial charge in [0.25, 0.3) is 0 Å². The van der Waals surface area contributed by atoms with Gasteiger partial charge in [0.1, 0.15) is 5.02 Å². The molecule has 1 aromatic heterocycles. The molecule has 1 heterocycles. The van der Waals surface area contributed by atoms with Crippen LogP contribution in [-0.2, 0) is 0 Å². The van der Waals surface area contributed by atoms with Crippen molar-refractivity contribution in [3.63, 3.8) is 0 Å². The van der Waals surface area contributed by atoms with Gasteiger partial charge < -0.3 is 10.1 Å². The number of nitrogens with one attached hydrogen (secondary N) is 1. The molecule has 4 nitrogen and oxygen atoms in total. The molecule has 0 aliphatic heterocycles. The largest absolute Gasteiger partial charge is 0.467 e. The Kier molecular flexibility index (Phi) is 3.95. The SMILES string of the molecule is COc1ncc(Cl)c(NC2CCCC(C)(C)C2)n1. The molecule has 18 heavy (non-hydrogen) atoms. The van der Waals surface area contributed by atoms with Crippen LogP contribution in [0.4, 0.5) is 5.82 Å². The van der Waals surface area contributed by atoms with E-state index in [9.17, 15) is 0 Å². The highest BCUT2D eigenvalue weighted by Crippen LogP contribution is 2.36. The minimum atomic E-state index is 0.344. The van der Waals surface area contributed by atoms with E-state index in [-0.39, 0.29) is 0 Å². The molecule has 0 amide bonds. The van der Waals surface area contributed by atoms with E-state index >= 15 is 0 Å². The molecule has 0 spiro atoms. The lowest BCUT2D eigenvalue weighted by Gasteiger charge is -2.35. The monoisotopic (exact) mass is 269 g/mol. The van der Waals surface area contributed by atoms with Gasteiger partial charge in [0.2, 0.25) is 0 Å². The molecule has 0 aromatic carbocycles. The van der Waals surface area contributed by atoms with Crippen molar-refractivity contribution < 1.29 is 4.74 Å². The third-order valence-corrected chi connectivity index (χ3v) is 3.73. The summed E-state index contributed by atoms with van der Waals surface area (Å²) in [5.41, 5.74) is 0.388. The van der Waals surface area contributed by atoms with E-state index in [4.69, 9.17) is 16.3 Å². The minimum Gasteiger partial charge on any atom is -0.467 e. The second kappa shape index (κ2) is 5.31. The highest BCUT2D eigenvalue weighted by atomic mass is 35.5. The lowest BCUT2D eigenvalue weighted by molar-refractivity contribution is 0.229. The van der Waals surface area contributed by atoms with Crippen molar-refractivity contribution in [1.29, 1.82) is 0 Å². The summed E-state index contributed by atoms with van der Waals surface area (Å²) in [4.78, 5) is 8.23. The normalized spacial score (nSPS) is 22.6. The predicted molar refractivity (Wildman–Crippen MR) is 73.3 cm³/mol. The summed E-state index contributed by atoms with van der Waals surface area (Å²) in [7, 11) is 1.55. The maximum Gasteiger partial charge on any atom is 0.318 e. The second-order valence-electron chi connectivity index (χ2n) is 5.66. The first-order chi connectivity index (χ1) is 8.50. The smallest absolute Gasteiger partial charge is 0.318 e. The Balaban J connectivity index is 2.09. The zero-order valence-electron chi connectivity index (χ0n) is 11.2. The maximum atomic E-state index is 6.10. The Hall–Kier alpha value is -1.03. The van der Waals surface area contributed by atoms with E-state index in [1.54, 1.807) is 13.3 Å². The Bertz CT molecular complexity index is 423. The fraction of sp³-hybridized carbons (Fsp3) is 0.692. The van der Waals surface area contributed by atoms with Crippen LogP contribution in [0.5, 0.6) is 6.01 Å². The first-order valence-corrected chi connectivity index (χ1v) is 6.71. The maximum absolute atomic E-state index is 6.10. The van der Waals surface area contributed by atoms with Gasteiger partial charge in [0.15, 0.2) is 5.82 Å². The van der Waals surface area contributed by atoms with Crippen LogP contribution in [0.15, 0.2) is 6.20 Å². The topological polar surface area (TPSA) is 47.0 Å². The summed E-state index contributed by atoms with van der Waals surface area (Å²) in [6, 6.07) is 0.767. The molecule has 1 fully saturated rings. The summed E-state index contributed by atoms with van der Waals surface area (Å²) >= 11 is 6.10. The number of anilines is 1. The number of hydrogen-bond acceptors (Lipinski definition) is 4. The van der Waals surface area contributed by atoms with Crippen LogP contribution < -0.4 is 10.1 Å². The molecule has 100 valence electrons. The average molecular weight is 270 g/mol. The van der Waals surface area contributed by atoms with E-state index < -0.39 is 0 Å². The van der Waals surface area contributed by atoms with Gasteiger partial charge in [-0.25, -0.2) is 4.98 Å². The molecule has 1 saturated carbocycles. The molecule has 5 heteroatoms. The van der Waals surface area contributed by atoms with Crippen LogP contribution in [-0.4, -0.2) is 23.1 Å². The summed E-state index contributed by atoms with van der Waals surface area (Å²) in [6.45, 7) is 4.62. The lowest BCUT2D eigenvalue weighted by atomic mass is 9.75. The Morgan fingerprint density at radius 2 is 2.28 bits per heavy atom. The molecule has 1 atom stereocenters. The van der Waals surface area contributed by atoms with Crippen molar-refractivity contribution in [3.8, 4) is 6.01 Å². The third-order valence-electron chi connectivity index (χ3n) is 3.45. The number of hydrogen-bond donors (Lipinski definition) is 1. The zero-order chi connectivity index (χ0) is 13.2. The molecule has 1 aliphatic rings. The van der Waals surface area contributed by atoms with E-state index in [0.717, 1.165) is 12.8 Å². The van der Waals surface area contributed by atoms with Crippen molar-refractivity contribution in [1.82, 2.24) is 9.97 Å². The average Bonchev–Trinajstić information content (AvgIpc) is 2.31. The molecule has 1 N–H and O–H groups in total. The van der Waals surface area contributed by atoms with Crippen LogP contribution in [0.25, 0.3) is 0 Å². The Morgan fingerprint density at radius 1 is 1.50 bits per heavy atom. The van der Waals surface area contributed by atoms with E-state index in [1.807, 2.05) is 0 Å². The molecular weight excluding hydrogens is 250 g/mol. The van der Waals surface area contributed by atoms with Gasteiger partial charge in [-0.05, 0) is 24.7 Å². The van der Waals surface area contributed by atoms with Gasteiger partial charge in [0, 0.05) is 6.04 Å². The first kappa shape index (κ1) is 13.4. The van der Waals surface area contributed by atoms with Gasteiger partial charge in [-0.3, -0.25) is 0 Å². The summed E-state index contributed by atoms with van der Waals surface area (Å²) in [6.07, 6.45) is 6.39. The Morgan fingerprint density at radius 3 is 2.94 bits per heavy atom. The van der Waals surface area contributed by atoms with E-state index in [0.29, 0.717) is 28.3 Å². The fourth-order valence-electron chi connectivity index (χ4n) is 2.57. The number of rotatable bonds is 3. The van der Waals surface area contributed by atoms with Crippen molar-refractivity contribution >= 4 is 17.4 Å². The highest BCUT2D eigenvalue weighted by molar-refractivity contribution is 6.32. The van der Waals surface area contributed by atoms with Crippen molar-refractivity contribution in [2.24, 2.45) is 5.41 Å². The predicted octanol–water partition coefficient (Wildman–Crippen LogP) is 3.52. The third kappa shape index (κ3) is 3.25. The van der Waals surface area contributed by atoms with Crippen molar-refractivity contribution in [2.45, 2.75) is 45.6 Å². The number of nitrogens with zero attached hydrogens (tertiary/aromatic N) is 2. The molecule has 0 saturated heterocycles. The fourth-order valence-corrected chi connectivity index (χ4v) is 2.71. The molecule has 2 rings (SSSR count). The number of aromatic nitrogens is 2. The van der Waals surface area contributed by atoms with Gasteiger partial charge in [0.05, 0.1) is 13.3 Å². The molecule has 1 aliphatic carbocycles. The van der Waals surface area contributed by atoms with Gasteiger partial charge in [-0.2, -0.15) is 4.98 Å². The van der Waals surface area contributed by atoms with Gasteiger partial charge >= 0.3 is 6.01 Å². The van der Waals surface area contributed by atoms with Gasteiger partial charge in [-0.1, -0.05) is 31.9 Å². The van der Waals surface area contributed by atoms with Crippen LogP contribution in [0.1, 0.15) is 39.5 Å². The quantitative estimate of drug-likeness (QED) is 0.912. The summed E-state index contributed by atoms with van der Waals surface area (Å²) < 4.78 is 5.02. The van der Waals surface area contributed by atoms with Crippen LogP contribution in [0, 0.1) is 5.41 Å². The number of halogens is 1. The van der Waals surface area contributed by atoms with Crippen LogP contribution in [0.3, 0.4) is 0 Å². The molecular formula is C13H20ClN3O. The minimum absolute atomic E-state index is 0.344. The number of methoxy groups -OCH3 is 1. The van der Waals surface area contributed by atoms with Crippen molar-refractivity contribution in [2.75, 3.05) is 12.4 Å². The molecule has 0 bridgehead atoms. The summed E-state index contributed by atoms with van der Waals surface area (Å²) in [5, 5.41) is 3.96. The number of ether oxygens (including phenoxy) is 1. The van der Waals surface area contributed by atoms with Crippen LogP contribution in [0.2, 0.25) is 5.02 Å². The lowest BCUT2D eigenvalue weighted by Crippen LogP contribution is -2.32. The summed E-state index contributed by atoms with van der Waals surface area (Å²) in [5.74, 6) is 0.672. The van der Waals surface area contributed by atoms with Crippen molar-refractivity contribution in [3.05, 3.63) is 11.2 Å².